The Kier molecular flexibility index (Phi) is 5.11. The van der Waals surface area contributed by atoms with Crippen molar-refractivity contribution in [3.63, 3.8) is 0 Å². The van der Waals surface area contributed by atoms with Crippen LogP contribution in [0.2, 0.25) is 0 Å². The SMILES string of the molecule is O=C(O)[C@@H]1CN(C(=O)NCCC2CCc3ccccc32)C[C@H]1C(F)(F)F. The van der Waals surface area contributed by atoms with E-state index in [0.717, 1.165) is 17.7 Å². The standard InChI is InChI=1S/C18H21F3N2O3/c19-18(20,21)15-10-23(9-14(15)16(24)25)17(26)22-8-7-12-6-5-11-3-1-2-4-13(11)12/h1-4,12,14-15H,5-10H2,(H,22,26)(H,24,25)/t12?,14-,15-/m1/s1. The highest BCUT2D eigenvalue weighted by molar-refractivity contribution is 5.77. The summed E-state index contributed by atoms with van der Waals surface area (Å²) in [4.78, 5) is 24.2. The minimum atomic E-state index is -4.63. The third kappa shape index (κ3) is 3.78. The quantitative estimate of drug-likeness (QED) is 0.856. The van der Waals surface area contributed by atoms with Gasteiger partial charge < -0.3 is 15.3 Å². The monoisotopic (exact) mass is 370 g/mol. The zero-order valence-electron chi connectivity index (χ0n) is 14.1. The average molecular weight is 370 g/mol. The molecule has 0 aromatic heterocycles. The van der Waals surface area contributed by atoms with Crippen LogP contribution in [0.4, 0.5) is 18.0 Å². The lowest BCUT2D eigenvalue weighted by Gasteiger charge is -2.19. The molecule has 3 rings (SSSR count). The van der Waals surface area contributed by atoms with Crippen molar-refractivity contribution in [3.05, 3.63) is 35.4 Å². The molecule has 2 N–H and O–H groups in total. The van der Waals surface area contributed by atoms with Gasteiger partial charge in [0.2, 0.25) is 0 Å². The molecular formula is C18H21F3N2O3. The number of alkyl halides is 3. The number of nitrogens with zero attached hydrogens (tertiary/aromatic N) is 1. The fourth-order valence-corrected chi connectivity index (χ4v) is 3.96. The number of fused-ring (bicyclic) bond motifs is 1. The molecular weight excluding hydrogens is 349 g/mol. The van der Waals surface area contributed by atoms with Crippen molar-refractivity contribution < 1.29 is 27.9 Å². The molecule has 2 aliphatic rings. The Morgan fingerprint density at radius 1 is 1.23 bits per heavy atom. The Morgan fingerprint density at radius 2 is 1.96 bits per heavy atom. The Balaban J connectivity index is 1.52. The molecule has 3 atom stereocenters. The molecule has 5 nitrogen and oxygen atoms in total. The van der Waals surface area contributed by atoms with E-state index in [2.05, 4.69) is 17.4 Å². The van der Waals surface area contributed by atoms with E-state index in [4.69, 9.17) is 5.11 Å². The van der Waals surface area contributed by atoms with Crippen LogP contribution in [0.3, 0.4) is 0 Å². The number of aryl methyl sites for hydroxylation is 1. The summed E-state index contributed by atoms with van der Waals surface area (Å²) in [7, 11) is 0. The topological polar surface area (TPSA) is 69.6 Å². The molecule has 1 aromatic carbocycles. The molecule has 1 heterocycles. The maximum absolute atomic E-state index is 13.0. The normalized spacial score (nSPS) is 25.2. The molecule has 1 aromatic rings. The van der Waals surface area contributed by atoms with E-state index in [1.165, 1.54) is 11.1 Å². The van der Waals surface area contributed by atoms with E-state index >= 15 is 0 Å². The Labute approximate surface area is 149 Å². The molecule has 1 aliphatic heterocycles. The highest BCUT2D eigenvalue weighted by Gasteiger charge is 2.53. The molecule has 142 valence electrons. The van der Waals surface area contributed by atoms with Crippen molar-refractivity contribution in [3.8, 4) is 0 Å². The van der Waals surface area contributed by atoms with Crippen LogP contribution >= 0.6 is 0 Å². The molecule has 1 fully saturated rings. The molecule has 1 saturated heterocycles. The first-order chi connectivity index (χ1) is 12.3. The predicted octanol–water partition coefficient (Wildman–Crippen LogP) is 3.01. The summed E-state index contributed by atoms with van der Waals surface area (Å²) >= 11 is 0. The van der Waals surface area contributed by atoms with Crippen molar-refractivity contribution in [1.82, 2.24) is 10.2 Å². The fourth-order valence-electron chi connectivity index (χ4n) is 3.96. The van der Waals surface area contributed by atoms with Gasteiger partial charge in [-0.3, -0.25) is 4.79 Å². The van der Waals surface area contributed by atoms with Crippen LogP contribution in [-0.4, -0.2) is 47.8 Å². The number of nitrogens with one attached hydrogen (secondary N) is 1. The number of hydrogen-bond donors (Lipinski definition) is 2. The van der Waals surface area contributed by atoms with Crippen LogP contribution in [0.1, 0.15) is 29.9 Å². The lowest BCUT2D eigenvalue weighted by molar-refractivity contribution is -0.187. The molecule has 1 unspecified atom stereocenters. The number of urea groups is 1. The highest BCUT2D eigenvalue weighted by Crippen LogP contribution is 2.38. The van der Waals surface area contributed by atoms with E-state index in [0.29, 0.717) is 18.9 Å². The molecule has 26 heavy (non-hydrogen) atoms. The molecule has 8 heteroatoms. The van der Waals surface area contributed by atoms with Gasteiger partial charge in [-0.2, -0.15) is 13.2 Å². The van der Waals surface area contributed by atoms with Crippen LogP contribution < -0.4 is 5.32 Å². The molecule has 0 spiro atoms. The number of carboxylic acids is 1. The number of amides is 2. The highest BCUT2D eigenvalue weighted by atomic mass is 19.4. The number of hydrogen-bond acceptors (Lipinski definition) is 2. The van der Waals surface area contributed by atoms with Crippen molar-refractivity contribution in [2.75, 3.05) is 19.6 Å². The lowest BCUT2D eigenvalue weighted by Crippen LogP contribution is -2.40. The number of aliphatic carboxylic acids is 1. The largest absolute Gasteiger partial charge is 0.481 e. The zero-order valence-corrected chi connectivity index (χ0v) is 14.1. The lowest BCUT2D eigenvalue weighted by atomic mass is 9.96. The minimum absolute atomic E-state index is 0.333. The van der Waals surface area contributed by atoms with Crippen LogP contribution in [0, 0.1) is 11.8 Å². The van der Waals surface area contributed by atoms with Crippen LogP contribution in [0.25, 0.3) is 0 Å². The summed E-state index contributed by atoms with van der Waals surface area (Å²) in [5.74, 6) is -4.82. The van der Waals surface area contributed by atoms with E-state index in [1.54, 1.807) is 0 Å². The van der Waals surface area contributed by atoms with Gasteiger partial charge in [-0.1, -0.05) is 24.3 Å². The zero-order chi connectivity index (χ0) is 18.9. The van der Waals surface area contributed by atoms with E-state index < -0.39 is 43.1 Å². The Morgan fingerprint density at radius 3 is 2.62 bits per heavy atom. The summed E-state index contributed by atoms with van der Waals surface area (Å²) < 4.78 is 39.0. The molecule has 0 radical (unpaired) electrons. The number of rotatable bonds is 4. The number of carbonyl (C=O) groups is 2. The fraction of sp³-hybridized carbons (Fsp3) is 0.556. The maximum atomic E-state index is 13.0. The summed E-state index contributed by atoms with van der Waals surface area (Å²) in [5.41, 5.74) is 2.58. The third-order valence-corrected chi connectivity index (χ3v) is 5.37. The number of benzene rings is 1. The second-order valence-corrected chi connectivity index (χ2v) is 6.95. The van der Waals surface area contributed by atoms with Crippen molar-refractivity contribution in [2.24, 2.45) is 11.8 Å². The van der Waals surface area contributed by atoms with Gasteiger partial charge in [0, 0.05) is 19.6 Å². The van der Waals surface area contributed by atoms with E-state index in [-0.39, 0.29) is 0 Å². The van der Waals surface area contributed by atoms with Gasteiger partial charge in [0.1, 0.15) is 0 Å². The van der Waals surface area contributed by atoms with E-state index in [9.17, 15) is 22.8 Å². The predicted molar refractivity (Wildman–Crippen MR) is 87.8 cm³/mol. The number of likely N-dealkylation sites (tertiary alicyclic amines) is 1. The van der Waals surface area contributed by atoms with Gasteiger partial charge in [-0.15, -0.1) is 0 Å². The molecule has 0 saturated carbocycles. The molecule has 1 aliphatic carbocycles. The van der Waals surface area contributed by atoms with Crippen molar-refractivity contribution in [2.45, 2.75) is 31.4 Å². The summed E-state index contributed by atoms with van der Waals surface area (Å²) in [6.45, 7) is -0.682. The van der Waals surface area contributed by atoms with Crippen molar-refractivity contribution >= 4 is 12.0 Å². The molecule has 2 amide bonds. The summed E-state index contributed by atoms with van der Waals surface area (Å²) in [6, 6.07) is 7.49. The number of halogens is 3. The second-order valence-electron chi connectivity index (χ2n) is 6.95. The van der Waals surface area contributed by atoms with Gasteiger partial charge in [0.05, 0.1) is 11.8 Å². The number of carbonyl (C=O) groups excluding carboxylic acids is 1. The first kappa shape index (κ1) is 18.5. The van der Waals surface area contributed by atoms with E-state index in [1.807, 2.05) is 12.1 Å². The smallest absolute Gasteiger partial charge is 0.394 e. The van der Waals surface area contributed by atoms with Crippen LogP contribution in [0.5, 0.6) is 0 Å². The third-order valence-electron chi connectivity index (χ3n) is 5.37. The van der Waals surface area contributed by atoms with Gasteiger partial charge >= 0.3 is 18.2 Å². The van der Waals surface area contributed by atoms with Gasteiger partial charge in [0.15, 0.2) is 0 Å². The van der Waals surface area contributed by atoms with Crippen LogP contribution in [0.15, 0.2) is 24.3 Å². The van der Waals surface area contributed by atoms with Gasteiger partial charge in [0.25, 0.3) is 0 Å². The number of carboxylic acid groups (broad SMARTS) is 1. The average Bonchev–Trinajstić information content (AvgIpc) is 3.19. The Bertz CT molecular complexity index is 693. The first-order valence-corrected chi connectivity index (χ1v) is 8.67. The van der Waals surface area contributed by atoms with Gasteiger partial charge in [-0.25, -0.2) is 4.79 Å². The second kappa shape index (κ2) is 7.17. The van der Waals surface area contributed by atoms with Crippen LogP contribution in [-0.2, 0) is 11.2 Å². The van der Waals surface area contributed by atoms with Crippen molar-refractivity contribution in [1.29, 1.82) is 0 Å². The summed E-state index contributed by atoms with van der Waals surface area (Å²) in [6.07, 6.45) is -1.93. The summed E-state index contributed by atoms with van der Waals surface area (Å²) in [5, 5.41) is 11.6. The van der Waals surface area contributed by atoms with Gasteiger partial charge in [-0.05, 0) is 36.3 Å². The Hall–Kier alpha value is -2.25. The first-order valence-electron chi connectivity index (χ1n) is 8.67. The maximum Gasteiger partial charge on any atom is 0.394 e. The molecule has 0 bridgehead atoms. The minimum Gasteiger partial charge on any atom is -0.481 e.